The van der Waals surface area contributed by atoms with E-state index >= 15 is 0 Å². The fraction of sp³-hybridized carbons (Fsp3) is 0.286. The quantitative estimate of drug-likeness (QED) is 0.590. The molecule has 1 aromatic carbocycles. The first kappa shape index (κ1) is 14.7. The van der Waals surface area contributed by atoms with Gasteiger partial charge in [-0.3, -0.25) is 0 Å². The molecular formula is C14H14ClIN2O. The third-order valence-electron chi connectivity index (χ3n) is 2.82. The maximum Gasteiger partial charge on any atom is 0.146 e. The van der Waals surface area contributed by atoms with Gasteiger partial charge < -0.3 is 4.74 Å². The van der Waals surface area contributed by atoms with Gasteiger partial charge in [0.05, 0.1) is 15.9 Å². The molecule has 0 N–H and O–H groups in total. The maximum atomic E-state index is 6.15. The van der Waals surface area contributed by atoms with Gasteiger partial charge in [0.1, 0.15) is 11.0 Å². The van der Waals surface area contributed by atoms with E-state index in [1.807, 2.05) is 12.1 Å². The van der Waals surface area contributed by atoms with Crippen molar-refractivity contribution < 1.29 is 4.74 Å². The number of hydrogen-bond acceptors (Lipinski definition) is 3. The predicted molar refractivity (Wildman–Crippen MR) is 84.5 cm³/mol. The van der Waals surface area contributed by atoms with Gasteiger partial charge in [-0.05, 0) is 40.6 Å². The summed E-state index contributed by atoms with van der Waals surface area (Å²) in [5, 5.41) is 0.492. The van der Waals surface area contributed by atoms with E-state index in [1.54, 1.807) is 7.11 Å². The van der Waals surface area contributed by atoms with Crippen LogP contribution in [0.15, 0.2) is 24.3 Å². The molecule has 0 aliphatic rings. The Morgan fingerprint density at radius 2 is 2.00 bits per heavy atom. The Balaban J connectivity index is 2.33. The molecule has 0 radical (unpaired) electrons. The molecule has 0 amide bonds. The summed E-state index contributed by atoms with van der Waals surface area (Å²) in [6.45, 7) is 2.53. The molecule has 0 aliphatic heterocycles. The Kier molecular flexibility index (Phi) is 5.13. The van der Waals surface area contributed by atoms with Crippen molar-refractivity contribution in [1.29, 1.82) is 0 Å². The number of ether oxygens (including phenoxy) is 1. The van der Waals surface area contributed by atoms with Crippen molar-refractivity contribution in [2.45, 2.75) is 20.0 Å². The summed E-state index contributed by atoms with van der Waals surface area (Å²) in [4.78, 5) is 8.87. The third kappa shape index (κ3) is 3.64. The van der Waals surface area contributed by atoms with Gasteiger partial charge in [-0.25, -0.2) is 9.97 Å². The highest BCUT2D eigenvalue weighted by Crippen LogP contribution is 2.21. The van der Waals surface area contributed by atoms with Gasteiger partial charge in [-0.15, -0.1) is 0 Å². The summed E-state index contributed by atoms with van der Waals surface area (Å²) < 4.78 is 6.00. The molecule has 0 bridgehead atoms. The Morgan fingerprint density at radius 1 is 1.26 bits per heavy atom. The third-order valence-corrected chi connectivity index (χ3v) is 4.54. The predicted octanol–water partition coefficient (Wildman–Crippen LogP) is 3.78. The van der Waals surface area contributed by atoms with E-state index in [-0.39, 0.29) is 0 Å². The molecule has 0 saturated carbocycles. The summed E-state index contributed by atoms with van der Waals surface area (Å²) in [7, 11) is 1.65. The van der Waals surface area contributed by atoms with Gasteiger partial charge in [0.15, 0.2) is 0 Å². The Morgan fingerprint density at radius 3 is 2.68 bits per heavy atom. The van der Waals surface area contributed by atoms with Gasteiger partial charge in [-0.1, -0.05) is 35.9 Å². The molecule has 0 unspecified atom stereocenters. The molecule has 0 aliphatic carbocycles. The topological polar surface area (TPSA) is 35.0 Å². The molecule has 5 heteroatoms. The van der Waals surface area contributed by atoms with Gasteiger partial charge in [0.25, 0.3) is 0 Å². The van der Waals surface area contributed by atoms with E-state index in [2.05, 4.69) is 51.6 Å². The van der Waals surface area contributed by atoms with E-state index in [1.165, 1.54) is 11.1 Å². The second-order valence-electron chi connectivity index (χ2n) is 4.23. The van der Waals surface area contributed by atoms with Gasteiger partial charge in [-0.2, -0.15) is 0 Å². The lowest BCUT2D eigenvalue weighted by Crippen LogP contribution is -2.06. The average molecular weight is 389 g/mol. The van der Waals surface area contributed by atoms with Crippen molar-refractivity contribution in [2.75, 3.05) is 7.11 Å². The minimum atomic E-state index is 0.446. The van der Waals surface area contributed by atoms with Crippen LogP contribution in [-0.2, 0) is 17.8 Å². The van der Waals surface area contributed by atoms with Crippen molar-refractivity contribution in [3.63, 3.8) is 0 Å². The summed E-state index contributed by atoms with van der Waals surface area (Å²) in [5.41, 5.74) is 3.28. The lowest BCUT2D eigenvalue weighted by atomic mass is 10.1. The highest BCUT2D eigenvalue weighted by atomic mass is 127. The minimum Gasteiger partial charge on any atom is -0.378 e. The maximum absolute atomic E-state index is 6.15. The highest BCUT2D eigenvalue weighted by molar-refractivity contribution is 14.1. The van der Waals surface area contributed by atoms with Crippen LogP contribution in [0.4, 0.5) is 0 Å². The summed E-state index contributed by atoms with van der Waals surface area (Å²) >= 11 is 8.29. The summed E-state index contributed by atoms with van der Waals surface area (Å²) in [5.74, 6) is 0.728. The normalized spacial score (nSPS) is 10.7. The van der Waals surface area contributed by atoms with Crippen LogP contribution in [0.1, 0.15) is 22.6 Å². The van der Waals surface area contributed by atoms with E-state index in [0.717, 1.165) is 15.1 Å². The number of rotatable bonds is 4. The lowest BCUT2D eigenvalue weighted by Gasteiger charge is -2.09. The first-order valence-corrected chi connectivity index (χ1v) is 7.31. The molecular weight excluding hydrogens is 375 g/mol. The molecule has 0 atom stereocenters. The van der Waals surface area contributed by atoms with Crippen molar-refractivity contribution >= 4 is 34.2 Å². The van der Waals surface area contributed by atoms with Gasteiger partial charge in [0, 0.05) is 13.5 Å². The van der Waals surface area contributed by atoms with Crippen LogP contribution in [0.3, 0.4) is 0 Å². The SMILES string of the molecule is COCc1nc(Cc2ccccc2C)nc(Cl)c1I. The number of aryl methyl sites for hydroxylation is 1. The van der Waals surface area contributed by atoms with E-state index in [4.69, 9.17) is 16.3 Å². The Bertz CT molecular complexity index is 590. The monoisotopic (exact) mass is 388 g/mol. The van der Waals surface area contributed by atoms with E-state index in [0.29, 0.717) is 18.2 Å². The first-order valence-electron chi connectivity index (χ1n) is 5.86. The number of methoxy groups -OCH3 is 1. The van der Waals surface area contributed by atoms with Crippen LogP contribution in [0, 0.1) is 10.5 Å². The van der Waals surface area contributed by atoms with Crippen LogP contribution >= 0.6 is 34.2 Å². The Labute approximate surface area is 131 Å². The fourth-order valence-corrected chi connectivity index (χ4v) is 2.41. The molecule has 100 valence electrons. The van der Waals surface area contributed by atoms with E-state index < -0.39 is 0 Å². The molecule has 0 spiro atoms. The Hall–Kier alpha value is -0.720. The molecule has 1 heterocycles. The molecule has 0 fully saturated rings. The molecule has 1 aromatic heterocycles. The molecule has 2 rings (SSSR count). The number of benzene rings is 1. The standard InChI is InChI=1S/C14H14ClIN2O/c1-9-5-3-4-6-10(9)7-12-17-11(8-19-2)13(16)14(15)18-12/h3-6H,7-8H2,1-2H3. The average Bonchev–Trinajstić information content (AvgIpc) is 2.38. The molecule has 2 aromatic rings. The molecule has 0 saturated heterocycles. The van der Waals surface area contributed by atoms with Crippen molar-refractivity contribution in [1.82, 2.24) is 9.97 Å². The molecule has 19 heavy (non-hydrogen) atoms. The van der Waals surface area contributed by atoms with Crippen molar-refractivity contribution in [2.24, 2.45) is 0 Å². The van der Waals surface area contributed by atoms with Crippen LogP contribution in [0.5, 0.6) is 0 Å². The minimum absolute atomic E-state index is 0.446. The highest BCUT2D eigenvalue weighted by Gasteiger charge is 2.11. The first-order chi connectivity index (χ1) is 9.11. The van der Waals surface area contributed by atoms with Crippen LogP contribution in [-0.4, -0.2) is 17.1 Å². The van der Waals surface area contributed by atoms with Gasteiger partial charge >= 0.3 is 0 Å². The number of aromatic nitrogens is 2. The number of nitrogens with zero attached hydrogens (tertiary/aromatic N) is 2. The summed E-state index contributed by atoms with van der Waals surface area (Å²) in [6.07, 6.45) is 0.681. The largest absolute Gasteiger partial charge is 0.378 e. The van der Waals surface area contributed by atoms with Crippen LogP contribution in [0.2, 0.25) is 5.15 Å². The molecule has 3 nitrogen and oxygen atoms in total. The van der Waals surface area contributed by atoms with Crippen LogP contribution < -0.4 is 0 Å². The zero-order chi connectivity index (χ0) is 13.8. The van der Waals surface area contributed by atoms with Crippen LogP contribution in [0.25, 0.3) is 0 Å². The second kappa shape index (κ2) is 6.63. The lowest BCUT2D eigenvalue weighted by molar-refractivity contribution is 0.180. The van der Waals surface area contributed by atoms with E-state index in [9.17, 15) is 0 Å². The number of hydrogen-bond donors (Lipinski definition) is 0. The fourth-order valence-electron chi connectivity index (χ4n) is 1.80. The van der Waals surface area contributed by atoms with Crippen molar-refractivity contribution in [3.8, 4) is 0 Å². The number of halogens is 2. The summed E-state index contributed by atoms with van der Waals surface area (Å²) in [6, 6.07) is 8.21. The zero-order valence-electron chi connectivity index (χ0n) is 10.8. The zero-order valence-corrected chi connectivity index (χ0v) is 13.7. The van der Waals surface area contributed by atoms with Gasteiger partial charge in [0.2, 0.25) is 0 Å². The second-order valence-corrected chi connectivity index (χ2v) is 5.66. The van der Waals surface area contributed by atoms with Crippen molar-refractivity contribution in [3.05, 3.63) is 55.6 Å². The smallest absolute Gasteiger partial charge is 0.146 e.